The van der Waals surface area contributed by atoms with Crippen molar-refractivity contribution in [3.63, 3.8) is 0 Å². The third-order valence-electron chi connectivity index (χ3n) is 5.12. The fraction of sp³-hybridized carbons (Fsp3) is 0.227. The molecule has 0 atom stereocenters. The molecule has 0 N–H and O–H groups in total. The van der Waals surface area contributed by atoms with E-state index in [2.05, 4.69) is 9.88 Å². The van der Waals surface area contributed by atoms with Crippen molar-refractivity contribution in [1.82, 2.24) is 9.88 Å². The Morgan fingerprint density at radius 2 is 1.72 bits per heavy atom. The van der Waals surface area contributed by atoms with Crippen LogP contribution in [0.1, 0.15) is 10.5 Å². The number of carbonyl (C=O) groups excluding carboxylic acids is 2. The van der Waals surface area contributed by atoms with Gasteiger partial charge in [-0.1, -0.05) is 30.3 Å². The summed E-state index contributed by atoms with van der Waals surface area (Å²) >= 11 is 1.34. The molecule has 1 amide bonds. The predicted molar refractivity (Wildman–Crippen MR) is 120 cm³/mol. The van der Waals surface area contributed by atoms with Gasteiger partial charge in [0.15, 0.2) is 12.3 Å². The van der Waals surface area contributed by atoms with Crippen molar-refractivity contribution >= 4 is 34.6 Å². The number of non-ortho nitro benzene ring substituents is 1. The summed E-state index contributed by atoms with van der Waals surface area (Å²) < 4.78 is 5.18. The summed E-state index contributed by atoms with van der Waals surface area (Å²) in [5.41, 5.74) is 2.01. The molecule has 0 spiro atoms. The van der Waals surface area contributed by atoms with E-state index in [1.807, 2.05) is 30.3 Å². The van der Waals surface area contributed by atoms with E-state index in [0.717, 1.165) is 11.3 Å². The van der Waals surface area contributed by atoms with Crippen molar-refractivity contribution in [2.24, 2.45) is 0 Å². The van der Waals surface area contributed by atoms with E-state index in [1.165, 1.54) is 23.5 Å². The highest BCUT2D eigenvalue weighted by Gasteiger charge is 2.23. The summed E-state index contributed by atoms with van der Waals surface area (Å²) in [6.07, 6.45) is 0. The number of nitrogens with zero attached hydrogens (tertiary/aromatic N) is 4. The van der Waals surface area contributed by atoms with Gasteiger partial charge >= 0.3 is 5.97 Å². The average Bonchev–Trinajstić information content (AvgIpc) is 3.34. The lowest BCUT2D eigenvalue weighted by Gasteiger charge is -2.36. The first-order valence-electron chi connectivity index (χ1n) is 9.96. The maximum atomic E-state index is 12.5. The largest absolute Gasteiger partial charge is 0.451 e. The Morgan fingerprint density at radius 3 is 2.38 bits per heavy atom. The van der Waals surface area contributed by atoms with Crippen LogP contribution in [0.2, 0.25) is 0 Å². The van der Waals surface area contributed by atoms with Crippen LogP contribution in [0.5, 0.6) is 0 Å². The van der Waals surface area contributed by atoms with Crippen LogP contribution in [0.3, 0.4) is 0 Å². The summed E-state index contributed by atoms with van der Waals surface area (Å²) in [6, 6.07) is 15.9. The van der Waals surface area contributed by atoms with E-state index in [1.54, 1.807) is 22.4 Å². The van der Waals surface area contributed by atoms with Gasteiger partial charge in [0, 0.05) is 54.9 Å². The summed E-state index contributed by atoms with van der Waals surface area (Å²) in [4.78, 5) is 43.1. The second-order valence-electron chi connectivity index (χ2n) is 7.12. The number of esters is 1. The maximum Gasteiger partial charge on any atom is 0.358 e. The smallest absolute Gasteiger partial charge is 0.358 e. The van der Waals surface area contributed by atoms with Gasteiger partial charge in [-0.25, -0.2) is 9.78 Å². The monoisotopic (exact) mass is 452 g/mol. The topological polar surface area (TPSA) is 106 Å². The molecule has 2 aromatic carbocycles. The Morgan fingerprint density at radius 1 is 1.03 bits per heavy atom. The molecule has 10 heteroatoms. The first kappa shape index (κ1) is 21.4. The molecule has 1 saturated heterocycles. The SMILES string of the molecule is O=C(OCC(=O)N1CCN(c2ccc([N+](=O)[O-])cc2)CC1)c1csc(-c2ccccc2)n1. The standard InChI is InChI=1S/C22H20N4O5S/c27-20(14-31-22(28)19-15-32-21(23-19)16-4-2-1-3-5-16)25-12-10-24(11-13-25)17-6-8-18(9-7-17)26(29)30/h1-9,15H,10-14H2. The fourth-order valence-electron chi connectivity index (χ4n) is 3.37. The zero-order chi connectivity index (χ0) is 22.5. The third-order valence-corrected chi connectivity index (χ3v) is 6.01. The van der Waals surface area contributed by atoms with Gasteiger partial charge in [-0.15, -0.1) is 11.3 Å². The minimum absolute atomic E-state index is 0.0420. The van der Waals surface area contributed by atoms with Crippen molar-refractivity contribution < 1.29 is 19.2 Å². The number of anilines is 1. The van der Waals surface area contributed by atoms with Crippen LogP contribution in [0, 0.1) is 10.1 Å². The summed E-state index contributed by atoms with van der Waals surface area (Å²) in [6.45, 7) is 1.78. The summed E-state index contributed by atoms with van der Waals surface area (Å²) in [5.74, 6) is -0.887. The zero-order valence-electron chi connectivity index (χ0n) is 17.0. The van der Waals surface area contributed by atoms with E-state index in [0.29, 0.717) is 31.2 Å². The van der Waals surface area contributed by atoms with Crippen molar-refractivity contribution in [3.05, 3.63) is 75.8 Å². The third kappa shape index (κ3) is 4.92. The molecule has 3 aromatic rings. The first-order chi connectivity index (χ1) is 15.5. The molecule has 9 nitrogen and oxygen atoms in total. The molecule has 0 aliphatic carbocycles. The van der Waals surface area contributed by atoms with E-state index >= 15 is 0 Å². The second kappa shape index (κ2) is 9.56. The van der Waals surface area contributed by atoms with Gasteiger partial charge in [0.25, 0.3) is 11.6 Å². The van der Waals surface area contributed by atoms with Gasteiger partial charge in [-0.05, 0) is 12.1 Å². The minimum Gasteiger partial charge on any atom is -0.451 e. The van der Waals surface area contributed by atoms with Crippen LogP contribution in [-0.2, 0) is 9.53 Å². The number of nitro benzene ring substituents is 1. The number of rotatable bonds is 6. The molecule has 1 aliphatic rings. The number of hydrogen-bond acceptors (Lipinski definition) is 8. The van der Waals surface area contributed by atoms with Gasteiger partial charge in [0.05, 0.1) is 4.92 Å². The molecule has 0 radical (unpaired) electrons. The molecular formula is C22H20N4O5S. The van der Waals surface area contributed by atoms with Crippen LogP contribution in [0.4, 0.5) is 11.4 Å². The number of ether oxygens (including phenoxy) is 1. The number of thiazole rings is 1. The highest BCUT2D eigenvalue weighted by molar-refractivity contribution is 7.13. The molecule has 2 heterocycles. The minimum atomic E-state index is -0.624. The van der Waals surface area contributed by atoms with Crippen LogP contribution < -0.4 is 4.90 Å². The van der Waals surface area contributed by atoms with Crippen LogP contribution in [0.25, 0.3) is 10.6 Å². The number of hydrogen-bond donors (Lipinski definition) is 0. The van der Waals surface area contributed by atoms with Crippen LogP contribution in [-0.4, -0.2) is 59.5 Å². The van der Waals surface area contributed by atoms with E-state index in [9.17, 15) is 19.7 Å². The maximum absolute atomic E-state index is 12.5. The van der Waals surface area contributed by atoms with Gasteiger partial charge in [-0.3, -0.25) is 14.9 Å². The number of piperazine rings is 1. The molecule has 1 aliphatic heterocycles. The quantitative estimate of drug-likeness (QED) is 0.321. The van der Waals surface area contributed by atoms with Crippen molar-refractivity contribution in [3.8, 4) is 10.6 Å². The first-order valence-corrected chi connectivity index (χ1v) is 10.8. The van der Waals surface area contributed by atoms with Crippen molar-refractivity contribution in [2.45, 2.75) is 0 Å². The Hall–Kier alpha value is -3.79. The van der Waals surface area contributed by atoms with Crippen LogP contribution >= 0.6 is 11.3 Å². The van der Waals surface area contributed by atoms with E-state index < -0.39 is 10.9 Å². The van der Waals surface area contributed by atoms with Gasteiger partial charge in [0.2, 0.25) is 0 Å². The highest BCUT2D eigenvalue weighted by atomic mass is 32.1. The van der Waals surface area contributed by atoms with Crippen LogP contribution in [0.15, 0.2) is 60.0 Å². The summed E-state index contributed by atoms with van der Waals surface area (Å²) in [5, 5.41) is 13.1. The predicted octanol–water partition coefficient (Wildman–Crippen LogP) is 3.22. The van der Waals surface area contributed by atoms with E-state index in [4.69, 9.17) is 4.74 Å². The Balaban J connectivity index is 1.26. The Bertz CT molecular complexity index is 1110. The van der Waals surface area contributed by atoms with E-state index in [-0.39, 0.29) is 23.9 Å². The number of benzene rings is 2. The van der Waals surface area contributed by atoms with Gasteiger partial charge < -0.3 is 14.5 Å². The lowest BCUT2D eigenvalue weighted by atomic mass is 10.2. The van der Waals surface area contributed by atoms with Crippen molar-refractivity contribution in [2.75, 3.05) is 37.7 Å². The molecule has 4 rings (SSSR count). The van der Waals surface area contributed by atoms with Gasteiger partial charge in [0.1, 0.15) is 5.01 Å². The fourth-order valence-corrected chi connectivity index (χ4v) is 4.17. The molecule has 32 heavy (non-hydrogen) atoms. The molecule has 0 saturated carbocycles. The zero-order valence-corrected chi connectivity index (χ0v) is 17.9. The Labute approximate surface area is 188 Å². The molecule has 164 valence electrons. The molecule has 0 unspecified atom stereocenters. The van der Waals surface area contributed by atoms with Crippen molar-refractivity contribution in [1.29, 1.82) is 0 Å². The number of carbonyl (C=O) groups is 2. The number of nitro groups is 1. The Kier molecular flexibility index (Phi) is 6.41. The number of amides is 1. The normalized spacial score (nSPS) is 13.6. The highest BCUT2D eigenvalue weighted by Crippen LogP contribution is 2.24. The molecule has 0 bridgehead atoms. The lowest BCUT2D eigenvalue weighted by Crippen LogP contribution is -2.49. The molecular weight excluding hydrogens is 432 g/mol. The molecule has 1 aromatic heterocycles. The van der Waals surface area contributed by atoms with Gasteiger partial charge in [-0.2, -0.15) is 0 Å². The summed E-state index contributed by atoms with van der Waals surface area (Å²) in [7, 11) is 0. The second-order valence-corrected chi connectivity index (χ2v) is 7.98. The average molecular weight is 452 g/mol. The molecule has 1 fully saturated rings. The lowest BCUT2D eigenvalue weighted by molar-refractivity contribution is -0.384. The number of aromatic nitrogens is 1.